The highest BCUT2D eigenvalue weighted by atomic mass is 16.1. The van der Waals surface area contributed by atoms with Crippen LogP contribution in [0.25, 0.3) is 0 Å². The van der Waals surface area contributed by atoms with E-state index in [1.54, 1.807) is 12.1 Å². The van der Waals surface area contributed by atoms with Crippen molar-refractivity contribution in [3.8, 4) is 6.07 Å². The monoisotopic (exact) mass is 201 g/mol. The molecule has 1 N–H and O–H groups in total. The number of pyridine rings is 1. The van der Waals surface area contributed by atoms with Gasteiger partial charge in [0.15, 0.2) is 0 Å². The normalized spacial score (nSPS) is 14.3. The lowest BCUT2D eigenvalue weighted by molar-refractivity contribution is 0.0947. The van der Waals surface area contributed by atoms with E-state index in [2.05, 4.69) is 10.3 Å². The molecule has 2 rings (SSSR count). The van der Waals surface area contributed by atoms with Gasteiger partial charge in [-0.25, -0.2) is 4.98 Å². The molecule has 0 saturated heterocycles. The molecule has 0 aromatic carbocycles. The zero-order valence-electron chi connectivity index (χ0n) is 8.23. The van der Waals surface area contributed by atoms with Crippen LogP contribution < -0.4 is 5.32 Å². The number of rotatable bonds is 3. The second-order valence-corrected chi connectivity index (χ2v) is 3.70. The van der Waals surface area contributed by atoms with Crippen molar-refractivity contribution in [2.24, 2.45) is 5.92 Å². The first kappa shape index (κ1) is 9.66. The molecule has 1 saturated carbocycles. The number of nitrogens with zero attached hydrogens (tertiary/aromatic N) is 2. The molecule has 0 unspecified atom stereocenters. The molecule has 0 atom stereocenters. The van der Waals surface area contributed by atoms with Crippen LogP contribution in [0, 0.1) is 17.2 Å². The summed E-state index contributed by atoms with van der Waals surface area (Å²) in [4.78, 5) is 15.4. The molecule has 1 aliphatic rings. The molecule has 0 aliphatic heterocycles. The van der Waals surface area contributed by atoms with E-state index in [1.807, 2.05) is 6.07 Å². The number of nitriles is 1. The molecule has 1 heterocycles. The second kappa shape index (κ2) is 4.09. The van der Waals surface area contributed by atoms with Gasteiger partial charge in [0, 0.05) is 12.7 Å². The van der Waals surface area contributed by atoms with Gasteiger partial charge in [-0.1, -0.05) is 0 Å². The molecule has 1 aromatic rings. The molecule has 1 aromatic heterocycles. The lowest BCUT2D eigenvalue weighted by Crippen LogP contribution is -2.26. The number of carbonyl (C=O) groups is 1. The van der Waals surface area contributed by atoms with Crippen molar-refractivity contribution in [3.05, 3.63) is 29.6 Å². The van der Waals surface area contributed by atoms with Gasteiger partial charge in [0.2, 0.25) is 0 Å². The molecule has 4 nitrogen and oxygen atoms in total. The molecule has 1 amide bonds. The highest BCUT2D eigenvalue weighted by Gasteiger charge is 2.21. The molecule has 76 valence electrons. The Morgan fingerprint density at radius 1 is 1.60 bits per heavy atom. The number of hydrogen-bond acceptors (Lipinski definition) is 3. The number of hydrogen-bond donors (Lipinski definition) is 1. The molecule has 0 bridgehead atoms. The topological polar surface area (TPSA) is 65.8 Å². The van der Waals surface area contributed by atoms with Gasteiger partial charge >= 0.3 is 0 Å². The Hall–Kier alpha value is -1.89. The fourth-order valence-corrected chi connectivity index (χ4v) is 1.24. The van der Waals surface area contributed by atoms with Crippen molar-refractivity contribution in [2.75, 3.05) is 6.54 Å². The van der Waals surface area contributed by atoms with Crippen LogP contribution in [0.15, 0.2) is 18.3 Å². The van der Waals surface area contributed by atoms with E-state index in [0.29, 0.717) is 17.2 Å². The fourth-order valence-electron chi connectivity index (χ4n) is 1.24. The largest absolute Gasteiger partial charge is 0.350 e. The third-order valence-corrected chi connectivity index (χ3v) is 2.37. The van der Waals surface area contributed by atoms with Crippen LogP contribution in [0.5, 0.6) is 0 Å². The number of aromatic nitrogens is 1. The van der Waals surface area contributed by atoms with Crippen LogP contribution in [-0.4, -0.2) is 17.4 Å². The van der Waals surface area contributed by atoms with E-state index in [-0.39, 0.29) is 5.91 Å². The first-order valence-corrected chi connectivity index (χ1v) is 4.94. The maximum Gasteiger partial charge on any atom is 0.269 e. The molecule has 1 aliphatic carbocycles. The summed E-state index contributed by atoms with van der Waals surface area (Å²) in [5.74, 6) is 0.499. The van der Waals surface area contributed by atoms with Gasteiger partial charge in [-0.2, -0.15) is 5.26 Å². The first-order valence-electron chi connectivity index (χ1n) is 4.94. The van der Waals surface area contributed by atoms with Gasteiger partial charge < -0.3 is 5.32 Å². The molecule has 1 fully saturated rings. The van der Waals surface area contributed by atoms with E-state index in [1.165, 1.54) is 19.0 Å². The Kier molecular flexibility index (Phi) is 2.64. The third-order valence-electron chi connectivity index (χ3n) is 2.37. The Morgan fingerprint density at radius 3 is 2.93 bits per heavy atom. The van der Waals surface area contributed by atoms with Gasteiger partial charge in [0.25, 0.3) is 5.91 Å². The Balaban J connectivity index is 1.95. The highest BCUT2D eigenvalue weighted by molar-refractivity contribution is 5.92. The fraction of sp³-hybridized carbons (Fsp3) is 0.364. The minimum absolute atomic E-state index is 0.161. The maximum absolute atomic E-state index is 11.5. The van der Waals surface area contributed by atoms with Crippen molar-refractivity contribution in [3.63, 3.8) is 0 Å². The molecule has 0 radical (unpaired) electrons. The summed E-state index contributed by atoms with van der Waals surface area (Å²) >= 11 is 0. The van der Waals surface area contributed by atoms with Crippen LogP contribution >= 0.6 is 0 Å². The number of amides is 1. The summed E-state index contributed by atoms with van der Waals surface area (Å²) in [6, 6.07) is 5.13. The molecule has 4 heteroatoms. The average molecular weight is 201 g/mol. The smallest absolute Gasteiger partial charge is 0.269 e. The predicted octanol–water partition coefficient (Wildman–Crippen LogP) is 1.09. The summed E-state index contributed by atoms with van der Waals surface area (Å²) in [6.45, 7) is 0.737. The summed E-state index contributed by atoms with van der Waals surface area (Å²) in [6.07, 6.45) is 3.83. The van der Waals surface area contributed by atoms with E-state index in [9.17, 15) is 4.79 Å². The van der Waals surface area contributed by atoms with Crippen molar-refractivity contribution < 1.29 is 4.79 Å². The van der Waals surface area contributed by atoms with Crippen molar-refractivity contribution >= 4 is 5.91 Å². The minimum Gasteiger partial charge on any atom is -0.350 e. The molecule has 15 heavy (non-hydrogen) atoms. The summed E-state index contributed by atoms with van der Waals surface area (Å²) in [5, 5.41) is 11.4. The van der Waals surface area contributed by atoms with Crippen LogP contribution in [0.1, 0.15) is 28.9 Å². The summed E-state index contributed by atoms with van der Waals surface area (Å²) in [7, 11) is 0. The second-order valence-electron chi connectivity index (χ2n) is 3.70. The van der Waals surface area contributed by atoms with Crippen molar-refractivity contribution in [2.45, 2.75) is 12.8 Å². The Bertz CT molecular complexity index is 401. The number of nitrogens with one attached hydrogen (secondary N) is 1. The summed E-state index contributed by atoms with van der Waals surface area (Å²) in [5.41, 5.74) is 0.836. The van der Waals surface area contributed by atoms with Crippen LogP contribution in [0.4, 0.5) is 0 Å². The van der Waals surface area contributed by atoms with Gasteiger partial charge in [-0.3, -0.25) is 4.79 Å². The van der Waals surface area contributed by atoms with Gasteiger partial charge in [-0.05, 0) is 30.9 Å². The quantitative estimate of drug-likeness (QED) is 0.796. The Morgan fingerprint density at radius 2 is 2.40 bits per heavy atom. The molecule has 0 spiro atoms. The number of carbonyl (C=O) groups excluding carboxylic acids is 1. The zero-order valence-corrected chi connectivity index (χ0v) is 8.23. The Labute approximate surface area is 87.9 Å². The predicted molar refractivity (Wildman–Crippen MR) is 54.0 cm³/mol. The van der Waals surface area contributed by atoms with Crippen molar-refractivity contribution in [1.82, 2.24) is 10.3 Å². The van der Waals surface area contributed by atoms with Crippen molar-refractivity contribution in [1.29, 1.82) is 5.26 Å². The molecular weight excluding hydrogens is 190 g/mol. The average Bonchev–Trinajstić information content (AvgIpc) is 3.10. The lowest BCUT2D eigenvalue weighted by Gasteiger charge is -2.02. The van der Waals surface area contributed by atoms with Crippen LogP contribution in [0.3, 0.4) is 0 Å². The van der Waals surface area contributed by atoms with E-state index < -0.39 is 0 Å². The van der Waals surface area contributed by atoms with Gasteiger partial charge in [-0.15, -0.1) is 0 Å². The summed E-state index contributed by atoms with van der Waals surface area (Å²) < 4.78 is 0. The van der Waals surface area contributed by atoms with Crippen LogP contribution in [-0.2, 0) is 0 Å². The van der Waals surface area contributed by atoms with Gasteiger partial charge in [0.1, 0.15) is 11.8 Å². The SMILES string of the molecule is N#Cc1ccc(C(=O)NCC2CC2)nc1. The van der Waals surface area contributed by atoms with Gasteiger partial charge in [0.05, 0.1) is 5.56 Å². The van der Waals surface area contributed by atoms with Crippen LogP contribution in [0.2, 0.25) is 0 Å². The molecular formula is C11H11N3O. The maximum atomic E-state index is 11.5. The van der Waals surface area contributed by atoms with E-state index >= 15 is 0 Å². The lowest BCUT2D eigenvalue weighted by atomic mass is 10.2. The zero-order chi connectivity index (χ0) is 10.7. The first-order chi connectivity index (χ1) is 7.29. The highest BCUT2D eigenvalue weighted by Crippen LogP contribution is 2.27. The minimum atomic E-state index is -0.161. The third kappa shape index (κ3) is 2.53. The van der Waals surface area contributed by atoms with E-state index in [4.69, 9.17) is 5.26 Å². The van der Waals surface area contributed by atoms with E-state index in [0.717, 1.165) is 6.54 Å². The standard InChI is InChI=1S/C11H11N3O/c12-5-9-3-4-10(13-7-9)11(15)14-6-8-1-2-8/h3-4,7-8H,1-2,6H2,(H,14,15).